The zero-order valence-electron chi connectivity index (χ0n) is 15.3. The molecule has 0 radical (unpaired) electrons. The van der Waals surface area contributed by atoms with E-state index in [9.17, 15) is 9.59 Å². The molecule has 2 amide bonds. The Morgan fingerprint density at radius 1 is 1.33 bits per heavy atom. The van der Waals surface area contributed by atoms with Gasteiger partial charge in [0.1, 0.15) is 5.00 Å². The van der Waals surface area contributed by atoms with Crippen molar-refractivity contribution in [3.8, 4) is 0 Å². The van der Waals surface area contributed by atoms with E-state index in [0.717, 1.165) is 34.9 Å². The van der Waals surface area contributed by atoms with E-state index in [1.807, 2.05) is 24.3 Å². The van der Waals surface area contributed by atoms with Gasteiger partial charge in [0.15, 0.2) is 0 Å². The van der Waals surface area contributed by atoms with Crippen LogP contribution in [0.3, 0.4) is 0 Å². The topological polar surface area (TPSA) is 72.2 Å². The van der Waals surface area contributed by atoms with Crippen molar-refractivity contribution in [1.82, 2.24) is 0 Å². The Bertz CT molecular complexity index is 871. The number of anilines is 1. The molecule has 1 atom stereocenters. The number of halogens is 1. The highest BCUT2D eigenvalue weighted by molar-refractivity contribution is 9.10. The smallest absolute Gasteiger partial charge is 0.251 e. The fourth-order valence-electron chi connectivity index (χ4n) is 3.56. The minimum absolute atomic E-state index is 0.260. The van der Waals surface area contributed by atoms with E-state index in [1.54, 1.807) is 6.08 Å². The first-order chi connectivity index (χ1) is 13.0. The standard InChI is InChI=1S/C21H23BrN2O2S/c1-2-3-14-6-10-16-17(12-14)27-21(19(16)20(23)26)24-18(25)11-7-13-4-8-15(22)9-5-13/h4-5,7-9,11,14H,2-3,6,10,12H2,1H3,(H2,23,26)(H,24,25)/b11-7+. The summed E-state index contributed by atoms with van der Waals surface area (Å²) in [7, 11) is 0. The Balaban J connectivity index is 1.77. The van der Waals surface area contributed by atoms with Crippen molar-refractivity contribution in [3.05, 3.63) is 56.4 Å². The second-order valence-electron chi connectivity index (χ2n) is 6.84. The minimum Gasteiger partial charge on any atom is -0.365 e. The molecule has 142 valence electrons. The average Bonchev–Trinajstić information content (AvgIpc) is 2.98. The van der Waals surface area contributed by atoms with E-state index in [4.69, 9.17) is 5.73 Å². The number of thiophene rings is 1. The lowest BCUT2D eigenvalue weighted by Gasteiger charge is -2.21. The van der Waals surface area contributed by atoms with Crippen LogP contribution in [0.25, 0.3) is 6.08 Å². The number of carbonyl (C=O) groups is 2. The number of rotatable bonds is 6. The summed E-state index contributed by atoms with van der Waals surface area (Å²) in [6, 6.07) is 7.67. The lowest BCUT2D eigenvalue weighted by molar-refractivity contribution is -0.111. The van der Waals surface area contributed by atoms with E-state index < -0.39 is 5.91 Å². The number of hydrogen-bond donors (Lipinski definition) is 2. The molecule has 3 rings (SSSR count). The minimum atomic E-state index is -0.464. The van der Waals surface area contributed by atoms with E-state index >= 15 is 0 Å². The van der Waals surface area contributed by atoms with Crippen molar-refractivity contribution in [2.24, 2.45) is 11.7 Å². The summed E-state index contributed by atoms with van der Waals surface area (Å²) >= 11 is 4.89. The van der Waals surface area contributed by atoms with Gasteiger partial charge in [-0.05, 0) is 54.5 Å². The molecule has 3 N–H and O–H groups in total. The summed E-state index contributed by atoms with van der Waals surface area (Å²) in [5.41, 5.74) is 8.08. The molecule has 6 heteroatoms. The van der Waals surface area contributed by atoms with Crippen LogP contribution in [0.2, 0.25) is 0 Å². The number of carbonyl (C=O) groups excluding carboxylic acids is 2. The van der Waals surface area contributed by atoms with Crippen LogP contribution in [0.1, 0.15) is 52.5 Å². The second-order valence-corrected chi connectivity index (χ2v) is 8.86. The largest absolute Gasteiger partial charge is 0.365 e. The zero-order valence-corrected chi connectivity index (χ0v) is 17.7. The summed E-state index contributed by atoms with van der Waals surface area (Å²) in [5.74, 6) is -0.0690. The zero-order chi connectivity index (χ0) is 19.4. The van der Waals surface area contributed by atoms with Crippen molar-refractivity contribution < 1.29 is 9.59 Å². The molecule has 1 aliphatic carbocycles. The molecule has 0 saturated heterocycles. The first-order valence-electron chi connectivity index (χ1n) is 9.17. The predicted molar refractivity (Wildman–Crippen MR) is 115 cm³/mol. The number of hydrogen-bond acceptors (Lipinski definition) is 3. The van der Waals surface area contributed by atoms with Crippen molar-refractivity contribution in [3.63, 3.8) is 0 Å². The summed E-state index contributed by atoms with van der Waals surface area (Å²) in [5, 5.41) is 3.44. The highest BCUT2D eigenvalue weighted by Crippen LogP contribution is 2.40. The number of nitrogens with one attached hydrogen (secondary N) is 1. The van der Waals surface area contributed by atoms with E-state index in [-0.39, 0.29) is 5.91 Å². The maximum Gasteiger partial charge on any atom is 0.251 e. The summed E-state index contributed by atoms with van der Waals surface area (Å²) in [6.45, 7) is 2.20. The molecule has 1 heterocycles. The molecule has 27 heavy (non-hydrogen) atoms. The molecule has 0 fully saturated rings. The van der Waals surface area contributed by atoms with E-state index in [0.29, 0.717) is 16.5 Å². The molecule has 1 unspecified atom stereocenters. The Labute approximate surface area is 172 Å². The SMILES string of the molecule is CCCC1CCc2c(sc(NC(=O)/C=C/c3ccc(Br)cc3)c2C(N)=O)C1. The summed E-state index contributed by atoms with van der Waals surface area (Å²) in [4.78, 5) is 25.6. The molecular weight excluding hydrogens is 424 g/mol. The quantitative estimate of drug-likeness (QED) is 0.600. The molecule has 1 aliphatic rings. The third-order valence-corrected chi connectivity index (χ3v) is 6.54. The van der Waals surface area contributed by atoms with Gasteiger partial charge in [0.25, 0.3) is 5.91 Å². The molecule has 1 aromatic carbocycles. The molecular formula is C21H23BrN2O2S. The van der Waals surface area contributed by atoms with Gasteiger partial charge in [0.05, 0.1) is 5.56 Å². The Hall–Kier alpha value is -1.92. The monoisotopic (exact) mass is 446 g/mol. The number of amides is 2. The first-order valence-corrected chi connectivity index (χ1v) is 10.8. The van der Waals surface area contributed by atoms with Gasteiger partial charge in [-0.15, -0.1) is 11.3 Å². The third kappa shape index (κ3) is 4.87. The maximum absolute atomic E-state index is 12.4. The van der Waals surface area contributed by atoms with Crippen LogP contribution in [0.4, 0.5) is 5.00 Å². The molecule has 1 aromatic heterocycles. The van der Waals surface area contributed by atoms with Gasteiger partial charge in [-0.1, -0.05) is 47.8 Å². The van der Waals surface area contributed by atoms with Crippen molar-refractivity contribution in [2.45, 2.75) is 39.0 Å². The van der Waals surface area contributed by atoms with Gasteiger partial charge in [-0.25, -0.2) is 0 Å². The molecule has 0 bridgehead atoms. The van der Waals surface area contributed by atoms with Crippen molar-refractivity contribution in [1.29, 1.82) is 0 Å². The number of primary amides is 1. The van der Waals surface area contributed by atoms with Crippen LogP contribution >= 0.6 is 27.3 Å². The second kappa shape index (κ2) is 8.85. The van der Waals surface area contributed by atoms with E-state index in [2.05, 4.69) is 28.2 Å². The number of fused-ring (bicyclic) bond motifs is 1. The normalized spacial score (nSPS) is 16.3. The van der Waals surface area contributed by atoms with Gasteiger partial charge in [-0.3, -0.25) is 9.59 Å². The fourth-order valence-corrected chi connectivity index (χ4v) is 5.19. The van der Waals surface area contributed by atoms with Crippen LogP contribution in [-0.2, 0) is 17.6 Å². The average molecular weight is 447 g/mol. The molecule has 4 nitrogen and oxygen atoms in total. The van der Waals surface area contributed by atoms with Crippen LogP contribution in [0.5, 0.6) is 0 Å². The van der Waals surface area contributed by atoms with Gasteiger partial charge in [0, 0.05) is 15.4 Å². The Kier molecular flexibility index (Phi) is 6.50. The number of benzene rings is 1. The Morgan fingerprint density at radius 2 is 2.07 bits per heavy atom. The molecule has 0 saturated carbocycles. The Morgan fingerprint density at radius 3 is 2.74 bits per heavy atom. The van der Waals surface area contributed by atoms with Crippen molar-refractivity contribution >= 4 is 50.2 Å². The molecule has 0 aliphatic heterocycles. The maximum atomic E-state index is 12.4. The predicted octanol–water partition coefficient (Wildman–Crippen LogP) is 5.17. The van der Waals surface area contributed by atoms with Crippen LogP contribution < -0.4 is 11.1 Å². The van der Waals surface area contributed by atoms with Gasteiger partial charge in [0.2, 0.25) is 5.91 Å². The van der Waals surface area contributed by atoms with Gasteiger partial charge in [-0.2, -0.15) is 0 Å². The molecule has 2 aromatic rings. The third-order valence-electron chi connectivity index (χ3n) is 4.84. The summed E-state index contributed by atoms with van der Waals surface area (Å²) in [6.07, 6.45) is 8.50. The summed E-state index contributed by atoms with van der Waals surface area (Å²) < 4.78 is 0.987. The lowest BCUT2D eigenvalue weighted by Crippen LogP contribution is -2.19. The molecule has 0 spiro atoms. The highest BCUT2D eigenvalue weighted by atomic mass is 79.9. The lowest BCUT2D eigenvalue weighted by atomic mass is 9.84. The van der Waals surface area contributed by atoms with Crippen LogP contribution in [0.15, 0.2) is 34.8 Å². The van der Waals surface area contributed by atoms with E-state index in [1.165, 1.54) is 35.1 Å². The van der Waals surface area contributed by atoms with Crippen LogP contribution in [0, 0.1) is 5.92 Å². The first kappa shape index (κ1) is 19.8. The number of nitrogens with two attached hydrogens (primary N) is 1. The fraction of sp³-hybridized carbons (Fsp3) is 0.333. The van der Waals surface area contributed by atoms with Gasteiger partial charge < -0.3 is 11.1 Å². The van der Waals surface area contributed by atoms with Crippen molar-refractivity contribution in [2.75, 3.05) is 5.32 Å². The highest BCUT2D eigenvalue weighted by Gasteiger charge is 2.28. The van der Waals surface area contributed by atoms with Crippen LogP contribution in [-0.4, -0.2) is 11.8 Å². The van der Waals surface area contributed by atoms with Gasteiger partial charge >= 0.3 is 0 Å².